The van der Waals surface area contributed by atoms with Crippen molar-refractivity contribution in [3.8, 4) is 5.75 Å². The van der Waals surface area contributed by atoms with Crippen LogP contribution in [0.15, 0.2) is 48.5 Å². The van der Waals surface area contributed by atoms with Gasteiger partial charge in [-0.05, 0) is 18.2 Å². The van der Waals surface area contributed by atoms with E-state index < -0.39 is 4.92 Å². The maximum atomic E-state index is 10.9. The Morgan fingerprint density at radius 1 is 1.17 bits per heavy atom. The summed E-state index contributed by atoms with van der Waals surface area (Å²) in [6.07, 6.45) is 0. The van der Waals surface area contributed by atoms with E-state index in [1.54, 1.807) is 31.4 Å². The Morgan fingerprint density at radius 2 is 1.94 bits per heavy atom. The summed E-state index contributed by atoms with van der Waals surface area (Å²) in [4.78, 5) is 10.5. The molecular formula is C13H12N2O3. The van der Waals surface area contributed by atoms with Gasteiger partial charge < -0.3 is 10.1 Å². The van der Waals surface area contributed by atoms with Gasteiger partial charge in [0.1, 0.15) is 11.4 Å². The monoisotopic (exact) mass is 244 g/mol. The Kier molecular flexibility index (Phi) is 3.43. The first kappa shape index (κ1) is 11.9. The highest BCUT2D eigenvalue weighted by molar-refractivity contribution is 5.69. The first-order valence-electron chi connectivity index (χ1n) is 5.35. The van der Waals surface area contributed by atoms with Gasteiger partial charge in [-0.3, -0.25) is 10.1 Å². The molecule has 0 atom stereocenters. The standard InChI is InChI=1S/C13H12N2O3/c1-18-11-6-4-5-10(9-11)14-12-7-2-3-8-13(12)15(16)17/h2-9,14H,1H3. The predicted molar refractivity (Wildman–Crippen MR) is 69.4 cm³/mol. The fraction of sp³-hybridized carbons (Fsp3) is 0.0769. The van der Waals surface area contributed by atoms with Crippen LogP contribution in [0.4, 0.5) is 17.1 Å². The van der Waals surface area contributed by atoms with Crippen molar-refractivity contribution in [1.82, 2.24) is 0 Å². The number of rotatable bonds is 4. The van der Waals surface area contributed by atoms with E-state index in [9.17, 15) is 10.1 Å². The molecule has 2 aromatic rings. The van der Waals surface area contributed by atoms with Crippen LogP contribution in [-0.4, -0.2) is 12.0 Å². The molecule has 0 fully saturated rings. The number of hydrogen-bond donors (Lipinski definition) is 1. The molecule has 5 heteroatoms. The lowest BCUT2D eigenvalue weighted by atomic mass is 10.2. The van der Waals surface area contributed by atoms with Crippen LogP contribution in [0.25, 0.3) is 0 Å². The highest BCUT2D eigenvalue weighted by atomic mass is 16.6. The van der Waals surface area contributed by atoms with Gasteiger partial charge in [0.2, 0.25) is 0 Å². The number of benzene rings is 2. The number of anilines is 2. The Morgan fingerprint density at radius 3 is 2.67 bits per heavy atom. The zero-order valence-electron chi connectivity index (χ0n) is 9.79. The van der Waals surface area contributed by atoms with Crippen LogP contribution >= 0.6 is 0 Å². The van der Waals surface area contributed by atoms with E-state index in [0.29, 0.717) is 11.4 Å². The van der Waals surface area contributed by atoms with E-state index in [-0.39, 0.29) is 5.69 Å². The van der Waals surface area contributed by atoms with E-state index in [0.717, 1.165) is 5.69 Å². The van der Waals surface area contributed by atoms with E-state index in [4.69, 9.17) is 4.74 Å². The number of nitrogens with one attached hydrogen (secondary N) is 1. The average Bonchev–Trinajstić information content (AvgIpc) is 2.39. The molecule has 0 saturated heterocycles. The quantitative estimate of drug-likeness (QED) is 0.661. The Hall–Kier alpha value is -2.56. The number of hydrogen-bond acceptors (Lipinski definition) is 4. The summed E-state index contributed by atoms with van der Waals surface area (Å²) in [5.41, 5.74) is 1.24. The summed E-state index contributed by atoms with van der Waals surface area (Å²) < 4.78 is 5.10. The molecule has 0 radical (unpaired) electrons. The highest BCUT2D eigenvalue weighted by Crippen LogP contribution is 2.28. The van der Waals surface area contributed by atoms with Gasteiger partial charge in [-0.25, -0.2) is 0 Å². The molecule has 1 N–H and O–H groups in total. The van der Waals surface area contributed by atoms with Gasteiger partial charge >= 0.3 is 0 Å². The normalized spacial score (nSPS) is 9.83. The molecular weight excluding hydrogens is 232 g/mol. The smallest absolute Gasteiger partial charge is 0.292 e. The molecule has 0 aliphatic rings. The summed E-state index contributed by atoms with van der Waals surface area (Å²) in [5, 5.41) is 13.9. The van der Waals surface area contributed by atoms with Crippen molar-refractivity contribution in [3.05, 3.63) is 58.6 Å². The lowest BCUT2D eigenvalue weighted by Gasteiger charge is -2.08. The highest BCUT2D eigenvalue weighted by Gasteiger charge is 2.12. The van der Waals surface area contributed by atoms with Crippen LogP contribution in [0.2, 0.25) is 0 Å². The van der Waals surface area contributed by atoms with Gasteiger partial charge in [0.15, 0.2) is 0 Å². The molecule has 0 saturated carbocycles. The fourth-order valence-electron chi connectivity index (χ4n) is 1.59. The number of nitrogens with zero attached hydrogens (tertiary/aromatic N) is 1. The Bertz CT molecular complexity index is 570. The summed E-state index contributed by atoms with van der Waals surface area (Å²) in [6, 6.07) is 13.7. The van der Waals surface area contributed by atoms with Crippen LogP contribution in [0.5, 0.6) is 5.75 Å². The van der Waals surface area contributed by atoms with E-state index >= 15 is 0 Å². The molecule has 0 aliphatic heterocycles. The third-order valence-corrected chi connectivity index (χ3v) is 2.45. The van der Waals surface area contributed by atoms with Crippen molar-refractivity contribution in [3.63, 3.8) is 0 Å². The van der Waals surface area contributed by atoms with Gasteiger partial charge in [-0.2, -0.15) is 0 Å². The number of ether oxygens (including phenoxy) is 1. The first-order valence-corrected chi connectivity index (χ1v) is 5.35. The van der Waals surface area contributed by atoms with Gasteiger partial charge in [-0.15, -0.1) is 0 Å². The Balaban J connectivity index is 2.31. The second-order valence-electron chi connectivity index (χ2n) is 3.63. The molecule has 0 spiro atoms. The van der Waals surface area contributed by atoms with Crippen LogP contribution in [0.3, 0.4) is 0 Å². The van der Waals surface area contributed by atoms with Crippen molar-refractivity contribution >= 4 is 17.1 Å². The minimum Gasteiger partial charge on any atom is -0.497 e. The topological polar surface area (TPSA) is 64.4 Å². The summed E-state index contributed by atoms with van der Waals surface area (Å²) in [7, 11) is 1.57. The van der Waals surface area contributed by atoms with Crippen molar-refractivity contribution in [1.29, 1.82) is 0 Å². The van der Waals surface area contributed by atoms with Gasteiger partial charge in [0, 0.05) is 17.8 Å². The van der Waals surface area contributed by atoms with Crippen LogP contribution in [0.1, 0.15) is 0 Å². The zero-order valence-corrected chi connectivity index (χ0v) is 9.79. The molecule has 92 valence electrons. The first-order chi connectivity index (χ1) is 8.70. The molecule has 18 heavy (non-hydrogen) atoms. The number of nitro benzene ring substituents is 1. The second-order valence-corrected chi connectivity index (χ2v) is 3.63. The number of nitro groups is 1. The third kappa shape index (κ3) is 2.57. The maximum Gasteiger partial charge on any atom is 0.292 e. The van der Waals surface area contributed by atoms with E-state index in [1.165, 1.54) is 6.07 Å². The van der Waals surface area contributed by atoms with Gasteiger partial charge in [0.25, 0.3) is 5.69 Å². The molecule has 0 heterocycles. The molecule has 2 rings (SSSR count). The molecule has 0 bridgehead atoms. The molecule has 0 unspecified atom stereocenters. The number of para-hydroxylation sites is 2. The van der Waals surface area contributed by atoms with Crippen molar-refractivity contribution in [2.75, 3.05) is 12.4 Å². The average molecular weight is 244 g/mol. The van der Waals surface area contributed by atoms with Crippen LogP contribution in [-0.2, 0) is 0 Å². The summed E-state index contributed by atoms with van der Waals surface area (Å²) in [5.74, 6) is 0.693. The van der Waals surface area contributed by atoms with Crippen molar-refractivity contribution in [2.45, 2.75) is 0 Å². The van der Waals surface area contributed by atoms with Crippen LogP contribution < -0.4 is 10.1 Å². The van der Waals surface area contributed by atoms with Crippen molar-refractivity contribution < 1.29 is 9.66 Å². The summed E-state index contributed by atoms with van der Waals surface area (Å²) >= 11 is 0. The lowest BCUT2D eigenvalue weighted by Crippen LogP contribution is -1.96. The fourth-order valence-corrected chi connectivity index (χ4v) is 1.59. The molecule has 0 amide bonds. The van der Waals surface area contributed by atoms with Crippen LogP contribution in [0, 0.1) is 10.1 Å². The third-order valence-electron chi connectivity index (χ3n) is 2.45. The second kappa shape index (κ2) is 5.18. The predicted octanol–water partition coefficient (Wildman–Crippen LogP) is 3.35. The van der Waals surface area contributed by atoms with Gasteiger partial charge in [0.05, 0.1) is 12.0 Å². The zero-order chi connectivity index (χ0) is 13.0. The lowest BCUT2D eigenvalue weighted by molar-refractivity contribution is -0.383. The molecule has 0 aromatic heterocycles. The molecule has 2 aromatic carbocycles. The molecule has 5 nitrogen and oxygen atoms in total. The van der Waals surface area contributed by atoms with Crippen molar-refractivity contribution in [2.24, 2.45) is 0 Å². The minimum absolute atomic E-state index is 0.0420. The SMILES string of the molecule is COc1cccc(Nc2ccccc2[N+](=O)[O-])c1. The van der Waals surface area contributed by atoms with E-state index in [1.807, 2.05) is 18.2 Å². The largest absolute Gasteiger partial charge is 0.497 e. The maximum absolute atomic E-state index is 10.9. The summed E-state index contributed by atoms with van der Waals surface area (Å²) in [6.45, 7) is 0. The van der Waals surface area contributed by atoms with Gasteiger partial charge in [-0.1, -0.05) is 18.2 Å². The molecule has 0 aliphatic carbocycles. The number of methoxy groups -OCH3 is 1. The minimum atomic E-state index is -0.414. The Labute approximate surface area is 104 Å². The van der Waals surface area contributed by atoms with E-state index in [2.05, 4.69) is 5.32 Å².